The van der Waals surface area contributed by atoms with Gasteiger partial charge in [0, 0.05) is 57.7 Å². The smallest absolute Gasteiger partial charge is 0.126 e. The zero-order valence-electron chi connectivity index (χ0n) is 24.8. The second kappa shape index (κ2) is 10.7. The van der Waals surface area contributed by atoms with Crippen molar-refractivity contribution in [1.82, 2.24) is 15.0 Å². The number of hydrogen-bond donors (Lipinski definition) is 3. The molecule has 45 heavy (non-hydrogen) atoms. The molecule has 8 bridgehead atoms. The lowest BCUT2D eigenvalue weighted by Gasteiger charge is -2.04. The van der Waals surface area contributed by atoms with Crippen molar-refractivity contribution in [3.05, 3.63) is 151 Å². The quantitative estimate of drug-likeness (QED) is 0.170. The predicted molar refractivity (Wildman–Crippen MR) is 193 cm³/mol. The molecule has 0 radical (unpaired) electrons. The van der Waals surface area contributed by atoms with Crippen LogP contribution in [0.3, 0.4) is 0 Å². The van der Waals surface area contributed by atoms with Gasteiger partial charge in [-0.1, -0.05) is 37.9 Å². The third kappa shape index (κ3) is 4.51. The molecule has 4 heteroatoms. The SMILES string of the molecule is c1ccc(-[c+]2c3ccc(cc4c5c(c(cc6ccc([nH]6)[c+](-c6ccccc6)c6ccc2[nH]6)p4-c2ccccc2)CCC5)[nH]3)cc1. The molecule has 3 nitrogen and oxygen atoms in total. The maximum Gasteiger partial charge on any atom is 0.126 e. The summed E-state index contributed by atoms with van der Waals surface area (Å²) in [4.78, 5) is 11.5. The Balaban J connectivity index is 1.49. The van der Waals surface area contributed by atoms with Gasteiger partial charge in [0.05, 0.1) is 23.3 Å². The second-order valence-electron chi connectivity index (χ2n) is 12.0. The van der Waals surface area contributed by atoms with Crippen LogP contribution in [0.4, 0.5) is 0 Å². The Labute approximate surface area is 262 Å². The van der Waals surface area contributed by atoms with Crippen molar-refractivity contribution < 1.29 is 0 Å². The van der Waals surface area contributed by atoms with Gasteiger partial charge in [-0.15, -0.1) is 0 Å². The largest absolute Gasteiger partial charge is 0.341 e. The minimum Gasteiger partial charge on any atom is -0.341 e. The number of fused-ring (bicyclic) bond motifs is 11. The Morgan fingerprint density at radius 3 is 1.36 bits per heavy atom. The Kier molecular flexibility index (Phi) is 6.25. The van der Waals surface area contributed by atoms with Crippen LogP contribution in [0, 0.1) is 0 Å². The maximum absolute atomic E-state index is 3.84. The number of hydrogen-bond acceptors (Lipinski definition) is 0. The van der Waals surface area contributed by atoms with Crippen LogP contribution in [-0.4, -0.2) is 15.0 Å². The molecule has 1 aliphatic carbocycles. The lowest BCUT2D eigenvalue weighted by molar-refractivity contribution is 0.915. The minimum absolute atomic E-state index is 0.683. The van der Waals surface area contributed by atoms with Crippen LogP contribution in [0.5, 0.6) is 0 Å². The van der Waals surface area contributed by atoms with Crippen LogP contribution in [0.2, 0.25) is 0 Å². The van der Waals surface area contributed by atoms with Crippen molar-refractivity contribution in [3.63, 3.8) is 0 Å². The van der Waals surface area contributed by atoms with Crippen LogP contribution in [0.1, 0.15) is 17.5 Å². The summed E-state index contributed by atoms with van der Waals surface area (Å²) < 4.78 is 0. The monoisotopic (exact) mass is 597 g/mol. The van der Waals surface area contributed by atoms with Crippen LogP contribution < -0.4 is 0 Å². The highest BCUT2D eigenvalue weighted by Gasteiger charge is 2.23. The van der Waals surface area contributed by atoms with E-state index in [1.54, 1.807) is 11.1 Å². The zero-order valence-corrected chi connectivity index (χ0v) is 25.7. The Hall–Kier alpha value is -5.24. The summed E-state index contributed by atoms with van der Waals surface area (Å²) in [5, 5.41) is 4.38. The molecule has 0 unspecified atom stereocenters. The summed E-state index contributed by atoms with van der Waals surface area (Å²) in [6.45, 7) is 0. The lowest BCUT2D eigenvalue weighted by atomic mass is 10.1. The van der Waals surface area contributed by atoms with Gasteiger partial charge in [-0.25, -0.2) is 0 Å². The second-order valence-corrected chi connectivity index (χ2v) is 14.1. The van der Waals surface area contributed by atoms with E-state index in [0.717, 1.165) is 57.1 Å². The molecule has 0 aliphatic heterocycles. The average molecular weight is 598 g/mol. The number of aryl methyl sites for hydroxylation is 2. The van der Waals surface area contributed by atoms with Crippen LogP contribution >= 0.6 is 7.53 Å². The molecule has 3 aromatic carbocycles. The van der Waals surface area contributed by atoms with E-state index in [1.165, 1.54) is 33.1 Å². The first-order chi connectivity index (χ1) is 22.3. The molecule has 9 rings (SSSR count). The van der Waals surface area contributed by atoms with Crippen LogP contribution in [0.15, 0.2) is 140 Å². The Bertz CT molecular complexity index is 2290. The fourth-order valence-electron chi connectivity index (χ4n) is 7.25. The van der Waals surface area contributed by atoms with Gasteiger partial charge in [0.2, 0.25) is 0 Å². The summed E-state index contributed by atoms with van der Waals surface area (Å²) in [7, 11) is -0.683. The summed E-state index contributed by atoms with van der Waals surface area (Å²) in [5.41, 5.74) is 14.5. The highest BCUT2D eigenvalue weighted by atomic mass is 31.1. The summed E-state index contributed by atoms with van der Waals surface area (Å²) in [6, 6.07) is 50.9. The summed E-state index contributed by atoms with van der Waals surface area (Å²) >= 11 is 0. The van der Waals surface area contributed by atoms with E-state index in [1.807, 2.05) is 0 Å². The van der Waals surface area contributed by atoms with Gasteiger partial charge in [-0.2, -0.15) is 0 Å². The third-order valence-corrected chi connectivity index (χ3v) is 11.8. The standard InChI is InChI=1S/C41H32N3P/c1-4-11-27(12-5-1)40-34-21-19-29(42-34)25-38-32-17-10-18-33(32)39(45(38)31-15-8-3-9-16-31)26-30-20-22-35(43-30)41(28-13-6-2-7-14-28)37-24-23-36(40)44-37/h1-9,11-16,19-26,42-44H,10,17-18H2/q+2. The molecular formula is C41H32N3P+2. The van der Waals surface area contributed by atoms with E-state index in [9.17, 15) is 0 Å². The van der Waals surface area contributed by atoms with Gasteiger partial charge in [-0.05, 0) is 96.4 Å². The highest BCUT2D eigenvalue weighted by Crippen LogP contribution is 2.56. The van der Waals surface area contributed by atoms with Gasteiger partial charge < -0.3 is 15.0 Å². The molecule has 0 saturated carbocycles. The van der Waals surface area contributed by atoms with E-state index in [0.29, 0.717) is 0 Å². The van der Waals surface area contributed by atoms with E-state index in [4.69, 9.17) is 0 Å². The predicted octanol–water partition coefficient (Wildman–Crippen LogP) is 11.8. The van der Waals surface area contributed by atoms with E-state index >= 15 is 0 Å². The molecule has 0 atom stereocenters. The molecule has 0 fully saturated rings. The number of aromatic amines is 3. The van der Waals surface area contributed by atoms with E-state index < -0.39 is 7.53 Å². The Morgan fingerprint density at radius 2 is 0.867 bits per heavy atom. The fraction of sp³-hybridized carbons (Fsp3) is 0.0732. The number of nitrogens with one attached hydrogen (secondary N) is 3. The highest BCUT2D eigenvalue weighted by molar-refractivity contribution is 7.67. The molecule has 0 spiro atoms. The van der Waals surface area contributed by atoms with Crippen molar-refractivity contribution in [2.45, 2.75) is 19.3 Å². The summed E-state index contributed by atoms with van der Waals surface area (Å²) in [5.74, 6) is 0. The first-order valence-electron chi connectivity index (χ1n) is 15.7. The molecule has 1 aliphatic rings. The molecule has 8 aromatic rings. The normalized spacial score (nSPS) is 12.6. The molecule has 5 heterocycles. The minimum atomic E-state index is -0.683. The first-order valence-corrected chi connectivity index (χ1v) is 17.1. The molecule has 0 amide bonds. The molecule has 5 aromatic heterocycles. The topological polar surface area (TPSA) is 47.4 Å². The third-order valence-electron chi connectivity index (χ3n) is 9.22. The number of aromatic nitrogens is 3. The van der Waals surface area contributed by atoms with Crippen molar-refractivity contribution >= 4 is 50.9 Å². The van der Waals surface area contributed by atoms with Crippen molar-refractivity contribution in [2.75, 3.05) is 0 Å². The first kappa shape index (κ1) is 26.2. The molecule has 0 saturated heterocycles. The van der Waals surface area contributed by atoms with Gasteiger partial charge in [-0.3, -0.25) is 0 Å². The van der Waals surface area contributed by atoms with Crippen molar-refractivity contribution in [1.29, 1.82) is 0 Å². The van der Waals surface area contributed by atoms with Crippen molar-refractivity contribution in [2.24, 2.45) is 0 Å². The van der Waals surface area contributed by atoms with Crippen LogP contribution in [-0.2, 0) is 12.8 Å². The fourth-order valence-corrected chi connectivity index (χ4v) is 10.1. The Morgan fingerprint density at radius 1 is 0.444 bits per heavy atom. The van der Waals surface area contributed by atoms with Gasteiger partial charge >= 0.3 is 0 Å². The summed E-state index contributed by atoms with van der Waals surface area (Å²) in [6.07, 6.45) is 3.51. The van der Waals surface area contributed by atoms with E-state index in [-0.39, 0.29) is 0 Å². The number of benzene rings is 3. The molecule has 3 N–H and O–H groups in total. The van der Waals surface area contributed by atoms with Crippen LogP contribution in [0.25, 0.3) is 70.9 Å². The van der Waals surface area contributed by atoms with Crippen molar-refractivity contribution in [3.8, 4) is 27.6 Å². The average Bonchev–Trinajstić information content (AvgIpc) is 3.92. The number of H-pyrrole nitrogens is 3. The van der Waals surface area contributed by atoms with Gasteiger partial charge in [0.15, 0.2) is 0 Å². The van der Waals surface area contributed by atoms with E-state index in [2.05, 4.69) is 154 Å². The zero-order chi connectivity index (χ0) is 29.7. The molecule has 214 valence electrons. The van der Waals surface area contributed by atoms with Gasteiger partial charge in [0.25, 0.3) is 0 Å². The number of rotatable bonds is 3. The maximum atomic E-state index is 3.84. The molecular weight excluding hydrogens is 565 g/mol. The van der Waals surface area contributed by atoms with Gasteiger partial charge in [0.1, 0.15) is 33.2 Å². The lowest BCUT2D eigenvalue weighted by Crippen LogP contribution is -1.82.